The fourth-order valence-corrected chi connectivity index (χ4v) is 6.35. The molecule has 0 rings (SSSR count). The molecule has 0 aromatic carbocycles. The Bertz CT molecular complexity index is 1010. The van der Waals surface area contributed by atoms with Crippen molar-refractivity contribution in [1.82, 2.24) is 0 Å². The third-order valence-corrected chi connectivity index (χ3v) is 9.70. The number of allylic oxidation sites excluding steroid dienone is 8. The molecule has 0 radical (unpaired) electrons. The minimum absolute atomic E-state index is 0.114. The first-order valence-electron chi connectivity index (χ1n) is 21.2. The fraction of sp³-hybridized carbons (Fsp3) is 0.767. The molecular weight excluding hydrogens is 689 g/mol. The number of carbonyl (C=O) groups is 2. The van der Waals surface area contributed by atoms with Crippen molar-refractivity contribution < 1.29 is 43.3 Å². The van der Waals surface area contributed by atoms with Crippen molar-refractivity contribution in [2.45, 2.75) is 187 Å². The molecule has 308 valence electrons. The van der Waals surface area contributed by atoms with Crippen molar-refractivity contribution in [1.29, 1.82) is 0 Å². The molecule has 2 atom stereocenters. The lowest BCUT2D eigenvalue weighted by Crippen LogP contribution is -2.52. The Hall–Kier alpha value is -2.03. The smallest absolute Gasteiger partial charge is 0.306 e. The topological polar surface area (TPSA) is 139 Å². The Morgan fingerprint density at radius 1 is 0.566 bits per heavy atom. The Balaban J connectivity index is 4.26. The average molecular weight is 768 g/mol. The number of rotatable bonds is 39. The number of quaternary nitrogens is 1. The Morgan fingerprint density at radius 3 is 1.51 bits per heavy atom. The van der Waals surface area contributed by atoms with E-state index in [2.05, 4.69) is 62.1 Å². The van der Waals surface area contributed by atoms with Crippen molar-refractivity contribution in [3.8, 4) is 0 Å². The van der Waals surface area contributed by atoms with Gasteiger partial charge in [0.15, 0.2) is 6.10 Å². The van der Waals surface area contributed by atoms with E-state index in [-0.39, 0.29) is 32.6 Å². The van der Waals surface area contributed by atoms with Gasteiger partial charge in [-0.05, 0) is 51.4 Å². The summed E-state index contributed by atoms with van der Waals surface area (Å²) in [7, 11) is -4.60. The van der Waals surface area contributed by atoms with E-state index >= 15 is 0 Å². The summed E-state index contributed by atoms with van der Waals surface area (Å²) in [6.45, 7) is 3.84. The maximum Gasteiger partial charge on any atom is 0.306 e. The Labute approximate surface area is 324 Å². The van der Waals surface area contributed by atoms with Crippen LogP contribution in [0, 0.1) is 0 Å². The van der Waals surface area contributed by atoms with Crippen LogP contribution >= 0.6 is 7.82 Å². The van der Waals surface area contributed by atoms with Crippen LogP contribution in [0.5, 0.6) is 0 Å². The van der Waals surface area contributed by atoms with Crippen molar-refractivity contribution in [3.05, 3.63) is 48.6 Å². The van der Waals surface area contributed by atoms with Gasteiger partial charge in [0.25, 0.3) is 7.82 Å². The summed E-state index contributed by atoms with van der Waals surface area (Å²) >= 11 is 0. The molecule has 0 bridgehead atoms. The Kier molecular flexibility index (Phi) is 38.1. The van der Waals surface area contributed by atoms with Gasteiger partial charge in [-0.2, -0.15) is 0 Å². The van der Waals surface area contributed by atoms with Crippen LogP contribution in [0.1, 0.15) is 181 Å². The third-order valence-electron chi connectivity index (χ3n) is 8.73. The molecule has 0 aromatic heterocycles. The molecule has 0 saturated carbocycles. The quantitative estimate of drug-likeness (QED) is 0.0282. The zero-order valence-corrected chi connectivity index (χ0v) is 34.7. The predicted octanol–water partition coefficient (Wildman–Crippen LogP) is 10.6. The van der Waals surface area contributed by atoms with Gasteiger partial charge in [-0.3, -0.25) is 14.2 Å². The highest BCUT2D eigenvalue weighted by molar-refractivity contribution is 7.45. The molecule has 0 aliphatic rings. The van der Waals surface area contributed by atoms with Crippen LogP contribution < -0.4 is 10.6 Å². The van der Waals surface area contributed by atoms with Crippen LogP contribution in [0.3, 0.4) is 0 Å². The average Bonchev–Trinajstić information content (AvgIpc) is 3.14. The van der Waals surface area contributed by atoms with Gasteiger partial charge >= 0.3 is 11.9 Å². The van der Waals surface area contributed by atoms with Crippen molar-refractivity contribution in [2.24, 2.45) is 0 Å². The monoisotopic (exact) mass is 768 g/mol. The number of ether oxygens (including phenoxy) is 2. The van der Waals surface area contributed by atoms with E-state index in [1.54, 1.807) is 0 Å². The summed E-state index contributed by atoms with van der Waals surface area (Å²) in [6.07, 6.45) is 44.2. The maximum atomic E-state index is 12.5. The number of phosphoric acid groups is 1. The molecule has 9 nitrogen and oxygen atoms in total. The second-order valence-corrected chi connectivity index (χ2v) is 15.3. The number of esters is 2. The Morgan fingerprint density at radius 2 is 1.00 bits per heavy atom. The highest BCUT2D eigenvalue weighted by atomic mass is 31.2. The van der Waals surface area contributed by atoms with E-state index in [0.29, 0.717) is 12.8 Å². The summed E-state index contributed by atoms with van der Waals surface area (Å²) in [6, 6.07) is 0. The minimum Gasteiger partial charge on any atom is -0.756 e. The van der Waals surface area contributed by atoms with Crippen LogP contribution in [0.25, 0.3) is 0 Å². The standard InChI is InChI=1S/C43H78NO8P/c1-3-5-7-9-11-13-15-17-19-20-22-24-26-28-30-32-34-36-43(46)52-41(40-51-53(47,48)50-38-37-44)39-49-42(45)35-33-31-29-27-25-23-21-18-16-14-12-10-8-6-4-2/h11,13,17,19,22,24,28,30,41H,3-10,12,14-16,18,20-21,23,25-27,29,31-40,44H2,1-2H3,(H,47,48)/b13-11+,19-17+,24-22+,30-28+. The summed E-state index contributed by atoms with van der Waals surface area (Å²) in [4.78, 5) is 36.9. The molecule has 53 heavy (non-hydrogen) atoms. The molecule has 0 fully saturated rings. The molecular formula is C43H78NO8P. The lowest BCUT2D eigenvalue weighted by molar-refractivity contribution is -0.373. The predicted molar refractivity (Wildman–Crippen MR) is 216 cm³/mol. The highest BCUT2D eigenvalue weighted by Crippen LogP contribution is 2.38. The number of phosphoric ester groups is 1. The van der Waals surface area contributed by atoms with Crippen LogP contribution in [0.15, 0.2) is 48.6 Å². The lowest BCUT2D eigenvalue weighted by atomic mass is 10.0. The van der Waals surface area contributed by atoms with E-state index in [0.717, 1.165) is 38.5 Å². The molecule has 3 N–H and O–H groups in total. The zero-order valence-electron chi connectivity index (χ0n) is 33.8. The first-order chi connectivity index (χ1) is 25.8. The van der Waals surface area contributed by atoms with Crippen molar-refractivity contribution in [2.75, 3.05) is 26.4 Å². The van der Waals surface area contributed by atoms with E-state index in [4.69, 9.17) is 18.5 Å². The van der Waals surface area contributed by atoms with Crippen LogP contribution in [0.4, 0.5) is 0 Å². The number of hydrogen-bond donors (Lipinski definition) is 1. The zero-order chi connectivity index (χ0) is 38.9. The summed E-state index contributed by atoms with van der Waals surface area (Å²) in [5, 5.41) is 0. The number of carbonyl (C=O) groups excluding carboxylic acids is 2. The summed E-state index contributed by atoms with van der Waals surface area (Å²) < 4.78 is 32.4. The molecule has 0 spiro atoms. The minimum atomic E-state index is -4.60. The van der Waals surface area contributed by atoms with Gasteiger partial charge in [-0.25, -0.2) is 0 Å². The molecule has 10 heteroatoms. The molecule has 0 heterocycles. The first kappa shape index (κ1) is 51.0. The van der Waals surface area contributed by atoms with Crippen LogP contribution in [-0.2, 0) is 32.7 Å². The molecule has 0 aromatic rings. The van der Waals surface area contributed by atoms with Gasteiger partial charge in [0.2, 0.25) is 0 Å². The summed E-state index contributed by atoms with van der Waals surface area (Å²) in [5.74, 6) is -0.910. The molecule has 0 aliphatic carbocycles. The molecule has 0 saturated heterocycles. The van der Waals surface area contributed by atoms with Crippen molar-refractivity contribution in [3.63, 3.8) is 0 Å². The van der Waals surface area contributed by atoms with Crippen LogP contribution in [0.2, 0.25) is 0 Å². The molecule has 2 unspecified atom stereocenters. The first-order valence-corrected chi connectivity index (χ1v) is 22.6. The van der Waals surface area contributed by atoms with E-state index in [1.165, 1.54) is 103 Å². The van der Waals surface area contributed by atoms with Gasteiger partial charge in [0.1, 0.15) is 13.2 Å². The van der Waals surface area contributed by atoms with E-state index in [9.17, 15) is 19.0 Å². The highest BCUT2D eigenvalue weighted by Gasteiger charge is 2.21. The molecule has 0 aliphatic heterocycles. The van der Waals surface area contributed by atoms with E-state index in [1.807, 2.05) is 6.08 Å². The van der Waals surface area contributed by atoms with Gasteiger partial charge in [-0.1, -0.05) is 165 Å². The van der Waals surface area contributed by atoms with Gasteiger partial charge < -0.3 is 29.1 Å². The normalized spacial score (nSPS) is 13.8. The van der Waals surface area contributed by atoms with Gasteiger partial charge in [0.05, 0.1) is 13.2 Å². The second kappa shape index (κ2) is 39.7. The maximum absolute atomic E-state index is 12.5. The van der Waals surface area contributed by atoms with Crippen LogP contribution in [-0.4, -0.2) is 44.4 Å². The SMILES string of the molecule is CCCCC/C=C/C/C=C/C/C=C/C/C=C/CCCC(=O)OC(COC(=O)CCCCCCCCCCCCCCCCC)COP(=O)([O-])OCC[NH3+]. The largest absolute Gasteiger partial charge is 0.756 e. The fourth-order valence-electron chi connectivity index (χ4n) is 5.57. The number of unbranched alkanes of at least 4 members (excludes halogenated alkanes) is 18. The van der Waals surface area contributed by atoms with Gasteiger partial charge in [0, 0.05) is 12.8 Å². The second-order valence-electron chi connectivity index (χ2n) is 13.9. The van der Waals surface area contributed by atoms with Gasteiger partial charge in [-0.15, -0.1) is 0 Å². The lowest BCUT2D eigenvalue weighted by Gasteiger charge is -2.25. The summed E-state index contributed by atoms with van der Waals surface area (Å²) in [5.41, 5.74) is 3.55. The number of hydrogen-bond acceptors (Lipinski definition) is 8. The van der Waals surface area contributed by atoms with Crippen molar-refractivity contribution >= 4 is 19.8 Å². The van der Waals surface area contributed by atoms with E-state index < -0.39 is 32.5 Å². The molecule has 0 amide bonds. The third kappa shape index (κ3) is 39.5.